The first-order chi connectivity index (χ1) is 12.3. The van der Waals surface area contributed by atoms with Gasteiger partial charge in [-0.3, -0.25) is 9.59 Å². The van der Waals surface area contributed by atoms with Crippen molar-refractivity contribution >= 4 is 11.7 Å². The SMILES string of the molecule is COc1ccc(CN(C)C(=O)Cc2cc(C(C)=O)ccc2OC)cc1F. The van der Waals surface area contributed by atoms with Gasteiger partial charge in [-0.15, -0.1) is 0 Å². The number of ketones is 1. The van der Waals surface area contributed by atoms with Crippen LogP contribution in [0.5, 0.6) is 11.5 Å². The number of benzene rings is 2. The van der Waals surface area contributed by atoms with Gasteiger partial charge in [0.2, 0.25) is 5.91 Å². The number of carbonyl (C=O) groups is 2. The number of hydrogen-bond donors (Lipinski definition) is 0. The molecule has 0 radical (unpaired) electrons. The average Bonchev–Trinajstić information content (AvgIpc) is 2.61. The van der Waals surface area contributed by atoms with Crippen LogP contribution in [0, 0.1) is 5.82 Å². The first-order valence-electron chi connectivity index (χ1n) is 8.10. The largest absolute Gasteiger partial charge is 0.496 e. The molecule has 2 rings (SSSR count). The van der Waals surface area contributed by atoms with Crippen LogP contribution in [0.3, 0.4) is 0 Å². The van der Waals surface area contributed by atoms with E-state index in [1.165, 1.54) is 38.2 Å². The minimum atomic E-state index is -0.471. The highest BCUT2D eigenvalue weighted by Crippen LogP contribution is 2.22. The summed E-state index contributed by atoms with van der Waals surface area (Å²) in [5.74, 6) is -0.00826. The Hall–Kier alpha value is -2.89. The van der Waals surface area contributed by atoms with Gasteiger partial charge in [-0.2, -0.15) is 0 Å². The van der Waals surface area contributed by atoms with Gasteiger partial charge in [0.1, 0.15) is 5.75 Å². The van der Waals surface area contributed by atoms with Crippen molar-refractivity contribution in [2.45, 2.75) is 19.9 Å². The number of rotatable bonds is 7. The molecule has 0 aliphatic heterocycles. The van der Waals surface area contributed by atoms with Crippen molar-refractivity contribution in [3.63, 3.8) is 0 Å². The van der Waals surface area contributed by atoms with Crippen LogP contribution in [-0.4, -0.2) is 37.9 Å². The molecule has 0 aromatic heterocycles. The smallest absolute Gasteiger partial charge is 0.227 e. The van der Waals surface area contributed by atoms with Crippen molar-refractivity contribution in [2.24, 2.45) is 0 Å². The number of amides is 1. The van der Waals surface area contributed by atoms with Crippen molar-refractivity contribution in [2.75, 3.05) is 21.3 Å². The molecule has 6 heteroatoms. The highest BCUT2D eigenvalue weighted by atomic mass is 19.1. The zero-order chi connectivity index (χ0) is 19.3. The topological polar surface area (TPSA) is 55.8 Å². The lowest BCUT2D eigenvalue weighted by molar-refractivity contribution is -0.129. The third-order valence-corrected chi connectivity index (χ3v) is 4.09. The Kier molecular flexibility index (Phi) is 6.33. The van der Waals surface area contributed by atoms with Gasteiger partial charge < -0.3 is 14.4 Å². The lowest BCUT2D eigenvalue weighted by Crippen LogP contribution is -2.28. The normalized spacial score (nSPS) is 10.3. The number of Topliss-reactive ketones (excluding diaryl/α,β-unsaturated/α-hetero) is 1. The zero-order valence-corrected chi connectivity index (χ0v) is 15.3. The van der Waals surface area contributed by atoms with Crippen LogP contribution in [0.15, 0.2) is 36.4 Å². The van der Waals surface area contributed by atoms with Gasteiger partial charge in [-0.25, -0.2) is 4.39 Å². The molecule has 0 saturated heterocycles. The van der Waals surface area contributed by atoms with E-state index in [1.807, 2.05) is 0 Å². The van der Waals surface area contributed by atoms with Crippen LogP contribution in [-0.2, 0) is 17.8 Å². The van der Waals surface area contributed by atoms with E-state index in [9.17, 15) is 14.0 Å². The molecule has 0 atom stereocenters. The second-order valence-electron chi connectivity index (χ2n) is 5.98. The fraction of sp³-hybridized carbons (Fsp3) is 0.300. The minimum Gasteiger partial charge on any atom is -0.496 e. The number of carbonyl (C=O) groups excluding carboxylic acids is 2. The van der Waals surface area contributed by atoms with Crippen LogP contribution in [0.1, 0.15) is 28.4 Å². The number of halogens is 1. The van der Waals surface area contributed by atoms with Crippen molar-refractivity contribution < 1.29 is 23.5 Å². The Morgan fingerprint density at radius 3 is 2.27 bits per heavy atom. The second kappa shape index (κ2) is 8.47. The molecular weight excluding hydrogens is 337 g/mol. The molecule has 138 valence electrons. The summed E-state index contributed by atoms with van der Waals surface area (Å²) in [6, 6.07) is 9.60. The standard InChI is InChI=1S/C20H22FNO4/c1-13(23)15-6-8-18(25-3)16(10-15)11-20(24)22(2)12-14-5-7-19(26-4)17(21)9-14/h5-10H,11-12H2,1-4H3. The lowest BCUT2D eigenvalue weighted by Gasteiger charge is -2.19. The number of nitrogens with zero attached hydrogens (tertiary/aromatic N) is 1. The summed E-state index contributed by atoms with van der Waals surface area (Å²) in [5.41, 5.74) is 1.81. The Morgan fingerprint density at radius 1 is 1.04 bits per heavy atom. The Balaban J connectivity index is 2.12. The molecular formula is C20H22FNO4. The third-order valence-electron chi connectivity index (χ3n) is 4.09. The van der Waals surface area contributed by atoms with E-state index in [-0.39, 0.29) is 30.4 Å². The third kappa shape index (κ3) is 4.59. The van der Waals surface area contributed by atoms with Crippen LogP contribution < -0.4 is 9.47 Å². The monoisotopic (exact) mass is 359 g/mol. The van der Waals surface area contributed by atoms with Gasteiger partial charge in [0, 0.05) is 24.7 Å². The molecule has 2 aromatic carbocycles. The van der Waals surface area contributed by atoms with E-state index in [4.69, 9.17) is 9.47 Å². The van der Waals surface area contributed by atoms with Gasteiger partial charge in [0.05, 0.1) is 20.6 Å². The quantitative estimate of drug-likeness (QED) is 0.712. The maximum absolute atomic E-state index is 13.8. The predicted molar refractivity (Wildman–Crippen MR) is 96.1 cm³/mol. The summed E-state index contributed by atoms with van der Waals surface area (Å²) >= 11 is 0. The van der Waals surface area contributed by atoms with E-state index in [0.717, 1.165) is 0 Å². The van der Waals surface area contributed by atoms with Crippen LogP contribution in [0.4, 0.5) is 4.39 Å². The fourth-order valence-electron chi connectivity index (χ4n) is 2.60. The Labute approximate surface area is 152 Å². The molecule has 0 saturated carbocycles. The Morgan fingerprint density at radius 2 is 1.69 bits per heavy atom. The van der Waals surface area contributed by atoms with Crippen LogP contribution in [0.25, 0.3) is 0 Å². The van der Waals surface area contributed by atoms with Gasteiger partial charge in [0.15, 0.2) is 17.3 Å². The molecule has 0 bridgehead atoms. The number of likely N-dealkylation sites (N-methyl/N-ethyl adjacent to an activating group) is 1. The number of methoxy groups -OCH3 is 2. The first-order valence-corrected chi connectivity index (χ1v) is 8.10. The van der Waals surface area contributed by atoms with Gasteiger partial charge in [-0.05, 0) is 42.8 Å². The predicted octanol–water partition coefficient (Wildman–Crippen LogP) is 3.25. The van der Waals surface area contributed by atoms with Crippen LogP contribution in [0.2, 0.25) is 0 Å². The fourth-order valence-corrected chi connectivity index (χ4v) is 2.60. The molecule has 0 unspecified atom stereocenters. The maximum Gasteiger partial charge on any atom is 0.227 e. The van der Waals surface area contributed by atoms with Crippen molar-refractivity contribution in [1.82, 2.24) is 4.90 Å². The Bertz CT molecular complexity index is 819. The molecule has 0 aliphatic rings. The second-order valence-corrected chi connectivity index (χ2v) is 5.98. The summed E-state index contributed by atoms with van der Waals surface area (Å²) in [4.78, 5) is 25.6. The summed E-state index contributed by atoms with van der Waals surface area (Å²) in [7, 11) is 4.56. The maximum atomic E-state index is 13.8. The summed E-state index contributed by atoms with van der Waals surface area (Å²) in [6.07, 6.45) is 0.0828. The van der Waals surface area contributed by atoms with Crippen molar-refractivity contribution in [3.05, 3.63) is 58.9 Å². The van der Waals surface area contributed by atoms with Gasteiger partial charge >= 0.3 is 0 Å². The molecule has 1 amide bonds. The highest BCUT2D eigenvalue weighted by molar-refractivity contribution is 5.94. The summed E-state index contributed by atoms with van der Waals surface area (Å²) < 4.78 is 24.0. The first kappa shape index (κ1) is 19.4. The van der Waals surface area contributed by atoms with E-state index < -0.39 is 5.82 Å². The lowest BCUT2D eigenvalue weighted by atomic mass is 10.0. The van der Waals surface area contributed by atoms with E-state index >= 15 is 0 Å². The summed E-state index contributed by atoms with van der Waals surface area (Å²) in [6.45, 7) is 1.73. The highest BCUT2D eigenvalue weighted by Gasteiger charge is 2.15. The molecule has 2 aromatic rings. The van der Waals surface area contributed by atoms with Gasteiger partial charge in [0.25, 0.3) is 0 Å². The summed E-state index contributed by atoms with van der Waals surface area (Å²) in [5, 5.41) is 0. The molecule has 0 N–H and O–H groups in total. The number of hydrogen-bond acceptors (Lipinski definition) is 4. The number of ether oxygens (including phenoxy) is 2. The molecule has 26 heavy (non-hydrogen) atoms. The molecule has 0 fully saturated rings. The van der Waals surface area contributed by atoms with Crippen molar-refractivity contribution in [1.29, 1.82) is 0 Å². The minimum absolute atomic E-state index is 0.0802. The zero-order valence-electron chi connectivity index (χ0n) is 15.3. The molecule has 0 aliphatic carbocycles. The van der Waals surface area contributed by atoms with E-state index in [1.54, 1.807) is 31.3 Å². The van der Waals surface area contributed by atoms with Gasteiger partial charge in [-0.1, -0.05) is 6.07 Å². The molecule has 0 heterocycles. The van der Waals surface area contributed by atoms with E-state index in [2.05, 4.69) is 0 Å². The molecule has 5 nitrogen and oxygen atoms in total. The molecule has 0 spiro atoms. The van der Waals surface area contributed by atoms with E-state index in [0.29, 0.717) is 22.4 Å². The average molecular weight is 359 g/mol. The van der Waals surface area contributed by atoms with Crippen molar-refractivity contribution in [3.8, 4) is 11.5 Å². The van der Waals surface area contributed by atoms with Crippen LogP contribution >= 0.6 is 0 Å².